The Balaban J connectivity index is 2.10. The van der Waals surface area contributed by atoms with Gasteiger partial charge in [-0.3, -0.25) is 4.79 Å². The molecule has 1 aliphatic carbocycles. The summed E-state index contributed by atoms with van der Waals surface area (Å²) in [5, 5.41) is 0. The number of carbonyl (C=O) groups excluding carboxylic acids is 1. The summed E-state index contributed by atoms with van der Waals surface area (Å²) in [7, 11) is 0. The maximum absolute atomic E-state index is 12.0. The SMILES string of the molecule is C[C@H](N)C(=O)N(Cc1ccnc(Br)c1)C1CC1. The van der Waals surface area contributed by atoms with Crippen LogP contribution in [0.4, 0.5) is 0 Å². The molecule has 1 heterocycles. The van der Waals surface area contributed by atoms with E-state index < -0.39 is 6.04 Å². The van der Waals surface area contributed by atoms with Crippen molar-refractivity contribution >= 4 is 21.8 Å². The predicted molar refractivity (Wildman–Crippen MR) is 69.2 cm³/mol. The Hall–Kier alpha value is -0.940. The third kappa shape index (κ3) is 3.26. The first kappa shape index (κ1) is 12.5. The first-order valence-corrected chi connectivity index (χ1v) is 6.53. The zero-order valence-electron chi connectivity index (χ0n) is 9.77. The number of rotatable bonds is 4. The number of pyridine rings is 1. The number of nitrogens with zero attached hydrogens (tertiary/aromatic N) is 2. The van der Waals surface area contributed by atoms with Crippen LogP contribution in [-0.2, 0) is 11.3 Å². The Kier molecular flexibility index (Phi) is 3.79. The van der Waals surface area contributed by atoms with Gasteiger partial charge in [0.25, 0.3) is 0 Å². The summed E-state index contributed by atoms with van der Waals surface area (Å²) in [5.74, 6) is 0.0282. The number of amides is 1. The van der Waals surface area contributed by atoms with Gasteiger partial charge in [-0.15, -0.1) is 0 Å². The highest BCUT2D eigenvalue weighted by molar-refractivity contribution is 9.10. The molecule has 0 radical (unpaired) electrons. The van der Waals surface area contributed by atoms with Gasteiger partial charge in [0.2, 0.25) is 5.91 Å². The highest BCUT2D eigenvalue weighted by atomic mass is 79.9. The largest absolute Gasteiger partial charge is 0.334 e. The van der Waals surface area contributed by atoms with E-state index in [-0.39, 0.29) is 5.91 Å². The molecule has 1 fully saturated rings. The third-order valence-electron chi connectivity index (χ3n) is 2.80. The van der Waals surface area contributed by atoms with Crippen molar-refractivity contribution in [3.63, 3.8) is 0 Å². The fourth-order valence-electron chi connectivity index (χ4n) is 1.77. The van der Waals surface area contributed by atoms with Crippen LogP contribution in [-0.4, -0.2) is 27.9 Å². The van der Waals surface area contributed by atoms with E-state index in [1.165, 1.54) is 0 Å². The zero-order valence-corrected chi connectivity index (χ0v) is 11.4. The second-order valence-electron chi connectivity index (χ2n) is 4.47. The van der Waals surface area contributed by atoms with E-state index in [1.54, 1.807) is 13.1 Å². The van der Waals surface area contributed by atoms with E-state index in [1.807, 2.05) is 17.0 Å². The Labute approximate surface area is 109 Å². The molecule has 0 bridgehead atoms. The molecule has 1 amide bonds. The van der Waals surface area contributed by atoms with Crippen LogP contribution >= 0.6 is 15.9 Å². The fourth-order valence-corrected chi connectivity index (χ4v) is 2.18. The second-order valence-corrected chi connectivity index (χ2v) is 5.29. The number of hydrogen-bond donors (Lipinski definition) is 1. The molecule has 0 aliphatic heterocycles. The van der Waals surface area contributed by atoms with Crippen LogP contribution in [0.2, 0.25) is 0 Å². The van der Waals surface area contributed by atoms with Gasteiger partial charge in [-0.25, -0.2) is 4.98 Å². The fraction of sp³-hybridized carbons (Fsp3) is 0.500. The molecule has 4 nitrogen and oxygen atoms in total. The van der Waals surface area contributed by atoms with Crippen LogP contribution in [0.25, 0.3) is 0 Å². The van der Waals surface area contributed by atoms with E-state index in [4.69, 9.17) is 5.73 Å². The predicted octanol–water partition coefficient (Wildman–Crippen LogP) is 1.68. The minimum absolute atomic E-state index is 0.0282. The zero-order chi connectivity index (χ0) is 12.4. The van der Waals surface area contributed by atoms with Crippen LogP contribution < -0.4 is 5.73 Å². The number of hydrogen-bond acceptors (Lipinski definition) is 3. The van der Waals surface area contributed by atoms with Crippen molar-refractivity contribution in [3.05, 3.63) is 28.5 Å². The molecular weight excluding hydrogens is 282 g/mol. The molecule has 0 spiro atoms. The van der Waals surface area contributed by atoms with Gasteiger partial charge in [-0.1, -0.05) is 0 Å². The average Bonchev–Trinajstić information content (AvgIpc) is 3.09. The molecule has 5 heteroatoms. The van der Waals surface area contributed by atoms with Crippen LogP contribution in [0.3, 0.4) is 0 Å². The number of nitrogens with two attached hydrogens (primary N) is 1. The van der Waals surface area contributed by atoms with Gasteiger partial charge in [0.05, 0.1) is 6.04 Å². The van der Waals surface area contributed by atoms with Crippen molar-refractivity contribution in [3.8, 4) is 0 Å². The van der Waals surface area contributed by atoms with Crippen LogP contribution in [0.15, 0.2) is 22.9 Å². The highest BCUT2D eigenvalue weighted by Crippen LogP contribution is 2.29. The lowest BCUT2D eigenvalue weighted by Crippen LogP contribution is -2.42. The van der Waals surface area contributed by atoms with Gasteiger partial charge in [0, 0.05) is 18.8 Å². The molecule has 0 unspecified atom stereocenters. The number of aromatic nitrogens is 1. The molecule has 92 valence electrons. The molecule has 2 rings (SSSR count). The quantitative estimate of drug-likeness (QED) is 0.860. The number of halogens is 1. The van der Waals surface area contributed by atoms with Gasteiger partial charge in [-0.05, 0) is 53.4 Å². The Bertz CT molecular complexity index is 418. The minimum atomic E-state index is -0.430. The van der Waals surface area contributed by atoms with Crippen LogP contribution in [0, 0.1) is 0 Å². The van der Waals surface area contributed by atoms with E-state index in [0.29, 0.717) is 12.6 Å². The summed E-state index contributed by atoms with van der Waals surface area (Å²) >= 11 is 3.33. The Morgan fingerprint density at radius 3 is 2.94 bits per heavy atom. The minimum Gasteiger partial charge on any atom is -0.334 e. The van der Waals surface area contributed by atoms with Gasteiger partial charge >= 0.3 is 0 Å². The molecular formula is C12H16BrN3O. The van der Waals surface area contributed by atoms with Crippen molar-refractivity contribution in [2.24, 2.45) is 5.73 Å². The van der Waals surface area contributed by atoms with Gasteiger partial charge < -0.3 is 10.6 Å². The summed E-state index contributed by atoms with van der Waals surface area (Å²) in [6.45, 7) is 2.35. The van der Waals surface area contributed by atoms with E-state index >= 15 is 0 Å². The molecule has 1 atom stereocenters. The summed E-state index contributed by atoms with van der Waals surface area (Å²) in [6.07, 6.45) is 3.91. The molecule has 1 saturated carbocycles. The van der Waals surface area contributed by atoms with Gasteiger partial charge in [-0.2, -0.15) is 0 Å². The smallest absolute Gasteiger partial charge is 0.239 e. The van der Waals surface area contributed by atoms with Crippen molar-refractivity contribution < 1.29 is 4.79 Å². The van der Waals surface area contributed by atoms with Crippen molar-refractivity contribution in [1.82, 2.24) is 9.88 Å². The Morgan fingerprint density at radius 1 is 1.71 bits per heavy atom. The van der Waals surface area contributed by atoms with Crippen LogP contribution in [0.1, 0.15) is 25.3 Å². The van der Waals surface area contributed by atoms with Gasteiger partial charge in [0.1, 0.15) is 4.60 Å². The molecule has 2 N–H and O–H groups in total. The van der Waals surface area contributed by atoms with Crippen molar-refractivity contribution in [2.75, 3.05) is 0 Å². The molecule has 1 aliphatic rings. The summed E-state index contributed by atoms with van der Waals surface area (Å²) < 4.78 is 0.791. The first-order valence-electron chi connectivity index (χ1n) is 5.74. The highest BCUT2D eigenvalue weighted by Gasteiger charge is 2.33. The molecule has 0 saturated heterocycles. The normalized spacial score (nSPS) is 16.6. The lowest BCUT2D eigenvalue weighted by molar-refractivity contribution is -0.133. The van der Waals surface area contributed by atoms with Gasteiger partial charge in [0.15, 0.2) is 0 Å². The lowest BCUT2D eigenvalue weighted by Gasteiger charge is -2.24. The summed E-state index contributed by atoms with van der Waals surface area (Å²) in [4.78, 5) is 17.9. The second kappa shape index (κ2) is 5.14. The van der Waals surface area contributed by atoms with E-state index in [2.05, 4.69) is 20.9 Å². The topological polar surface area (TPSA) is 59.2 Å². The molecule has 1 aromatic rings. The number of carbonyl (C=O) groups is 1. The monoisotopic (exact) mass is 297 g/mol. The average molecular weight is 298 g/mol. The maximum atomic E-state index is 12.0. The standard InChI is InChI=1S/C12H16BrN3O/c1-8(14)12(17)16(10-2-3-10)7-9-4-5-15-11(13)6-9/h4-6,8,10H,2-3,7,14H2,1H3/t8-/m0/s1. The first-order chi connectivity index (χ1) is 8.08. The van der Waals surface area contributed by atoms with E-state index in [0.717, 1.165) is 23.0 Å². The third-order valence-corrected chi connectivity index (χ3v) is 3.24. The Morgan fingerprint density at radius 2 is 2.41 bits per heavy atom. The van der Waals surface area contributed by atoms with Crippen molar-refractivity contribution in [1.29, 1.82) is 0 Å². The lowest BCUT2D eigenvalue weighted by atomic mass is 10.2. The van der Waals surface area contributed by atoms with Crippen LogP contribution in [0.5, 0.6) is 0 Å². The molecule has 0 aromatic carbocycles. The molecule has 1 aromatic heterocycles. The summed E-state index contributed by atoms with van der Waals surface area (Å²) in [5.41, 5.74) is 6.75. The summed E-state index contributed by atoms with van der Waals surface area (Å²) in [6, 6.07) is 3.81. The molecule has 17 heavy (non-hydrogen) atoms. The van der Waals surface area contributed by atoms with E-state index in [9.17, 15) is 4.79 Å². The maximum Gasteiger partial charge on any atom is 0.239 e. The van der Waals surface area contributed by atoms with Crippen molar-refractivity contribution in [2.45, 2.75) is 38.4 Å².